The van der Waals surface area contributed by atoms with Crippen LogP contribution in [0.5, 0.6) is 0 Å². The molecule has 0 aliphatic heterocycles. The number of carbonyl (C=O) groups is 1. The lowest BCUT2D eigenvalue weighted by molar-refractivity contribution is -0.136. The molecule has 6 heteroatoms. The first-order valence-corrected chi connectivity index (χ1v) is 7.17. The third-order valence-electron chi connectivity index (χ3n) is 2.67. The zero-order valence-corrected chi connectivity index (χ0v) is 11.0. The van der Waals surface area contributed by atoms with E-state index in [0.717, 1.165) is 5.56 Å². The molecule has 1 aromatic carbocycles. The minimum atomic E-state index is -3.84. The second-order valence-corrected chi connectivity index (χ2v) is 6.25. The molecule has 100 valence electrons. The van der Waals surface area contributed by atoms with Crippen molar-refractivity contribution in [2.45, 2.75) is 29.9 Å². The summed E-state index contributed by atoms with van der Waals surface area (Å²) in [6.45, 7) is 2.10. The smallest absolute Gasteiger partial charge is 0.322 e. The van der Waals surface area contributed by atoms with Crippen molar-refractivity contribution in [2.75, 3.05) is 6.54 Å². The van der Waals surface area contributed by atoms with Gasteiger partial charge in [-0.3, -0.25) is 4.79 Å². The minimum absolute atomic E-state index is 0.0298. The molecule has 1 rings (SSSR count). The summed E-state index contributed by atoms with van der Waals surface area (Å²) in [5, 5.41) is 7.60. The molecule has 0 amide bonds. The second-order valence-electron chi connectivity index (χ2n) is 4.12. The number of hydrogen-bond donors (Lipinski definition) is 2. The highest BCUT2D eigenvalue weighted by molar-refractivity contribution is 7.92. The maximum Gasteiger partial charge on any atom is 0.322 e. The lowest BCUT2D eigenvalue weighted by Crippen LogP contribution is -2.30. The Morgan fingerprint density at radius 2 is 1.89 bits per heavy atom. The SMILES string of the molecule is Cc1ccc(S(=O)(=O)[C@@H](CCCN)C(=O)O)cc1. The van der Waals surface area contributed by atoms with Crippen molar-refractivity contribution in [3.63, 3.8) is 0 Å². The first kappa shape index (κ1) is 14.7. The zero-order chi connectivity index (χ0) is 13.8. The largest absolute Gasteiger partial charge is 0.480 e. The van der Waals surface area contributed by atoms with Crippen LogP contribution in [0.25, 0.3) is 0 Å². The molecule has 1 aromatic rings. The van der Waals surface area contributed by atoms with E-state index in [0.29, 0.717) is 6.42 Å². The van der Waals surface area contributed by atoms with E-state index in [1.807, 2.05) is 6.92 Å². The quantitative estimate of drug-likeness (QED) is 0.803. The highest BCUT2D eigenvalue weighted by Crippen LogP contribution is 2.20. The Labute approximate surface area is 107 Å². The van der Waals surface area contributed by atoms with E-state index in [2.05, 4.69) is 0 Å². The van der Waals surface area contributed by atoms with Gasteiger partial charge in [0.05, 0.1) is 4.90 Å². The van der Waals surface area contributed by atoms with Crippen LogP contribution in [0.3, 0.4) is 0 Å². The fourth-order valence-electron chi connectivity index (χ4n) is 1.61. The fraction of sp³-hybridized carbons (Fsp3) is 0.417. The van der Waals surface area contributed by atoms with Crippen molar-refractivity contribution in [1.29, 1.82) is 0 Å². The molecule has 0 radical (unpaired) electrons. The van der Waals surface area contributed by atoms with Gasteiger partial charge in [0.2, 0.25) is 0 Å². The molecule has 0 saturated carbocycles. The second kappa shape index (κ2) is 5.97. The molecule has 0 aromatic heterocycles. The number of carboxylic acids is 1. The number of carboxylic acid groups (broad SMARTS) is 1. The van der Waals surface area contributed by atoms with Gasteiger partial charge in [-0.15, -0.1) is 0 Å². The van der Waals surface area contributed by atoms with Gasteiger partial charge >= 0.3 is 5.97 Å². The molecule has 0 spiro atoms. The maximum absolute atomic E-state index is 12.2. The third-order valence-corrected chi connectivity index (χ3v) is 4.79. The van der Waals surface area contributed by atoms with Crippen LogP contribution in [0.1, 0.15) is 18.4 Å². The van der Waals surface area contributed by atoms with Crippen LogP contribution in [0, 0.1) is 6.92 Å². The van der Waals surface area contributed by atoms with Crippen molar-refractivity contribution in [2.24, 2.45) is 5.73 Å². The van der Waals surface area contributed by atoms with Crippen LogP contribution in [0.15, 0.2) is 29.2 Å². The van der Waals surface area contributed by atoms with E-state index in [4.69, 9.17) is 10.8 Å². The van der Waals surface area contributed by atoms with Crippen molar-refractivity contribution in [3.05, 3.63) is 29.8 Å². The number of hydrogen-bond acceptors (Lipinski definition) is 4. The molecule has 3 N–H and O–H groups in total. The van der Waals surface area contributed by atoms with Gasteiger partial charge in [0.1, 0.15) is 0 Å². The molecule has 0 bridgehead atoms. The molecule has 0 fully saturated rings. The van der Waals surface area contributed by atoms with Crippen molar-refractivity contribution in [1.82, 2.24) is 0 Å². The Kier molecular flexibility index (Phi) is 4.86. The first-order chi connectivity index (χ1) is 8.39. The topological polar surface area (TPSA) is 97.5 Å². The predicted molar refractivity (Wildman–Crippen MR) is 68.1 cm³/mol. The van der Waals surface area contributed by atoms with Crippen LogP contribution in [0.4, 0.5) is 0 Å². The lowest BCUT2D eigenvalue weighted by Gasteiger charge is -2.13. The van der Waals surface area contributed by atoms with Gasteiger partial charge in [0.25, 0.3) is 0 Å². The monoisotopic (exact) mass is 271 g/mol. The average Bonchev–Trinajstić information content (AvgIpc) is 2.29. The van der Waals surface area contributed by atoms with Crippen molar-refractivity contribution < 1.29 is 18.3 Å². The molecule has 0 aliphatic rings. The summed E-state index contributed by atoms with van der Waals surface area (Å²) in [6, 6.07) is 6.16. The summed E-state index contributed by atoms with van der Waals surface area (Å²) in [6.07, 6.45) is 0.393. The van der Waals surface area contributed by atoms with Gasteiger partial charge in [-0.05, 0) is 38.4 Å². The lowest BCUT2D eigenvalue weighted by atomic mass is 10.2. The summed E-state index contributed by atoms with van der Waals surface area (Å²) < 4.78 is 24.3. The first-order valence-electron chi connectivity index (χ1n) is 5.63. The Morgan fingerprint density at radius 1 is 1.33 bits per heavy atom. The van der Waals surface area contributed by atoms with E-state index in [9.17, 15) is 13.2 Å². The van der Waals surface area contributed by atoms with Gasteiger partial charge in [-0.2, -0.15) is 0 Å². The number of nitrogens with two attached hydrogens (primary N) is 1. The minimum Gasteiger partial charge on any atom is -0.480 e. The van der Waals surface area contributed by atoms with Gasteiger partial charge in [0, 0.05) is 0 Å². The normalized spacial score (nSPS) is 13.2. The number of aliphatic carboxylic acids is 1. The van der Waals surface area contributed by atoms with E-state index in [1.165, 1.54) is 12.1 Å². The van der Waals surface area contributed by atoms with Crippen molar-refractivity contribution >= 4 is 15.8 Å². The van der Waals surface area contributed by atoms with E-state index >= 15 is 0 Å². The Balaban J connectivity index is 3.09. The molecule has 1 atom stereocenters. The standard InChI is InChI=1S/C12H17NO4S/c1-9-4-6-10(7-5-9)18(16,17)11(12(14)15)3-2-8-13/h4-7,11H,2-3,8,13H2,1H3,(H,14,15)/t11-/m0/s1. The van der Waals surface area contributed by atoms with E-state index in [-0.39, 0.29) is 17.9 Å². The summed E-state index contributed by atoms with van der Waals surface area (Å²) in [5.74, 6) is -1.33. The highest BCUT2D eigenvalue weighted by Gasteiger charge is 2.33. The summed E-state index contributed by atoms with van der Waals surface area (Å²) in [5.41, 5.74) is 6.21. The van der Waals surface area contributed by atoms with Crippen LogP contribution in [-0.2, 0) is 14.6 Å². The third kappa shape index (κ3) is 3.30. The Hall–Kier alpha value is -1.40. The molecule has 0 unspecified atom stereocenters. The summed E-state index contributed by atoms with van der Waals surface area (Å²) in [4.78, 5) is 11.1. The number of rotatable bonds is 6. The number of benzene rings is 1. The number of sulfone groups is 1. The molecule has 5 nitrogen and oxygen atoms in total. The van der Waals surface area contributed by atoms with Gasteiger partial charge in [-0.25, -0.2) is 8.42 Å². The van der Waals surface area contributed by atoms with Gasteiger partial charge in [-0.1, -0.05) is 17.7 Å². The molecule has 0 aliphatic carbocycles. The van der Waals surface area contributed by atoms with Crippen molar-refractivity contribution in [3.8, 4) is 0 Å². The van der Waals surface area contributed by atoms with Crippen LogP contribution < -0.4 is 5.73 Å². The molecule has 0 heterocycles. The fourth-order valence-corrected chi connectivity index (χ4v) is 3.19. The highest BCUT2D eigenvalue weighted by atomic mass is 32.2. The molecule has 18 heavy (non-hydrogen) atoms. The van der Waals surface area contributed by atoms with E-state index < -0.39 is 21.1 Å². The zero-order valence-electron chi connectivity index (χ0n) is 10.2. The Bertz CT molecular complexity index is 507. The maximum atomic E-state index is 12.2. The van der Waals surface area contributed by atoms with Crippen LogP contribution in [-0.4, -0.2) is 31.3 Å². The molecular formula is C12H17NO4S. The number of aryl methyl sites for hydroxylation is 1. The summed E-state index contributed by atoms with van der Waals surface area (Å²) in [7, 11) is -3.84. The molecular weight excluding hydrogens is 254 g/mol. The molecule has 0 saturated heterocycles. The predicted octanol–water partition coefficient (Wildman–Crippen LogP) is 0.961. The van der Waals surface area contributed by atoms with Crippen LogP contribution >= 0.6 is 0 Å². The van der Waals surface area contributed by atoms with Gasteiger partial charge in [0.15, 0.2) is 15.1 Å². The van der Waals surface area contributed by atoms with Gasteiger partial charge < -0.3 is 10.8 Å². The van der Waals surface area contributed by atoms with Crippen LogP contribution in [0.2, 0.25) is 0 Å². The van der Waals surface area contributed by atoms with E-state index in [1.54, 1.807) is 12.1 Å². The Morgan fingerprint density at radius 3 is 2.33 bits per heavy atom. The average molecular weight is 271 g/mol. The summed E-state index contributed by atoms with van der Waals surface area (Å²) >= 11 is 0.